The van der Waals surface area contributed by atoms with E-state index in [1.807, 2.05) is 6.08 Å². The van der Waals surface area contributed by atoms with Crippen molar-refractivity contribution in [3.63, 3.8) is 0 Å². The molecule has 0 heterocycles. The minimum Gasteiger partial charge on any atom is -0.394 e. The van der Waals surface area contributed by atoms with Crippen molar-refractivity contribution >= 4 is 5.91 Å². The summed E-state index contributed by atoms with van der Waals surface area (Å²) in [6, 6.07) is -0.650. The summed E-state index contributed by atoms with van der Waals surface area (Å²) in [6.07, 6.45) is 60.6. The maximum Gasteiger partial charge on any atom is 0.220 e. The van der Waals surface area contributed by atoms with E-state index in [9.17, 15) is 15.0 Å². The first-order valence-electron chi connectivity index (χ1n) is 22.5. The lowest BCUT2D eigenvalue weighted by atomic mass is 10.0. The molecule has 0 spiro atoms. The zero-order valence-electron chi connectivity index (χ0n) is 34.6. The zero-order chi connectivity index (χ0) is 37.8. The fraction of sp³-hybridized carbons (Fsp3) is 0.771. The number of carbonyl (C=O) groups is 1. The summed E-state index contributed by atoms with van der Waals surface area (Å²) in [5.41, 5.74) is 0. The second-order valence-corrected chi connectivity index (χ2v) is 15.1. The van der Waals surface area contributed by atoms with Gasteiger partial charge in [0.1, 0.15) is 0 Å². The van der Waals surface area contributed by atoms with E-state index in [4.69, 9.17) is 0 Å². The van der Waals surface area contributed by atoms with E-state index < -0.39 is 12.1 Å². The van der Waals surface area contributed by atoms with Gasteiger partial charge >= 0.3 is 0 Å². The molecule has 3 N–H and O–H groups in total. The Kier molecular flexibility index (Phi) is 41.9. The first-order chi connectivity index (χ1) is 25.7. The van der Waals surface area contributed by atoms with Crippen molar-refractivity contribution in [2.24, 2.45) is 0 Å². The number of carbonyl (C=O) groups excluding carboxylic acids is 1. The zero-order valence-corrected chi connectivity index (χ0v) is 34.6. The maximum atomic E-state index is 12.4. The third-order valence-corrected chi connectivity index (χ3v) is 9.98. The Balaban J connectivity index is 3.60. The van der Waals surface area contributed by atoms with Gasteiger partial charge in [-0.3, -0.25) is 4.79 Å². The van der Waals surface area contributed by atoms with Crippen LogP contribution in [0.4, 0.5) is 0 Å². The minimum absolute atomic E-state index is 0.0922. The predicted molar refractivity (Wildman–Crippen MR) is 230 cm³/mol. The molecule has 0 aliphatic heterocycles. The first-order valence-corrected chi connectivity index (χ1v) is 22.5. The summed E-state index contributed by atoms with van der Waals surface area (Å²) in [5.74, 6) is -0.0922. The van der Waals surface area contributed by atoms with Gasteiger partial charge < -0.3 is 15.5 Å². The minimum atomic E-state index is -0.871. The Morgan fingerprint density at radius 2 is 0.865 bits per heavy atom. The highest BCUT2D eigenvalue weighted by Crippen LogP contribution is 2.15. The number of hydrogen-bond acceptors (Lipinski definition) is 3. The second-order valence-electron chi connectivity index (χ2n) is 15.1. The van der Waals surface area contributed by atoms with E-state index in [1.165, 1.54) is 135 Å². The molecule has 1 amide bonds. The van der Waals surface area contributed by atoms with Crippen molar-refractivity contribution in [2.75, 3.05) is 6.61 Å². The van der Waals surface area contributed by atoms with Crippen LogP contribution in [-0.4, -0.2) is 34.9 Å². The smallest absolute Gasteiger partial charge is 0.220 e. The molecule has 4 heteroatoms. The Labute approximate surface area is 324 Å². The largest absolute Gasteiger partial charge is 0.394 e. The molecule has 4 nitrogen and oxygen atoms in total. The summed E-state index contributed by atoms with van der Waals surface area (Å²) >= 11 is 0. The molecule has 0 aliphatic carbocycles. The van der Waals surface area contributed by atoms with E-state index in [-0.39, 0.29) is 12.5 Å². The second kappa shape index (κ2) is 43.5. The lowest BCUT2D eigenvalue weighted by Crippen LogP contribution is -2.45. The van der Waals surface area contributed by atoms with E-state index in [0.29, 0.717) is 6.42 Å². The SMILES string of the molecule is CC/C=C\C/C=C\C/C=C\CCCCCCCC(=O)NC(CO)C(O)/C=C/CC/C=C/CCCCCCCCCCCCCCCCCCCCC. The van der Waals surface area contributed by atoms with Crippen molar-refractivity contribution in [2.45, 2.75) is 231 Å². The Morgan fingerprint density at radius 1 is 0.481 bits per heavy atom. The molecule has 0 aliphatic rings. The number of rotatable bonds is 40. The molecule has 302 valence electrons. The van der Waals surface area contributed by atoms with Crippen LogP contribution in [0, 0.1) is 0 Å². The highest BCUT2D eigenvalue weighted by atomic mass is 16.3. The number of aliphatic hydroxyl groups excluding tert-OH is 2. The number of allylic oxidation sites excluding steroid dienone is 9. The van der Waals surface area contributed by atoms with Gasteiger partial charge in [-0.15, -0.1) is 0 Å². The average Bonchev–Trinajstić information content (AvgIpc) is 3.15. The number of amides is 1. The van der Waals surface area contributed by atoms with Crippen LogP contribution in [-0.2, 0) is 4.79 Å². The molecule has 2 atom stereocenters. The Hall–Kier alpha value is -1.91. The first kappa shape index (κ1) is 50.1. The van der Waals surface area contributed by atoms with Gasteiger partial charge in [0, 0.05) is 6.42 Å². The van der Waals surface area contributed by atoms with Crippen LogP contribution in [0.25, 0.3) is 0 Å². The summed E-state index contributed by atoms with van der Waals surface area (Å²) < 4.78 is 0. The van der Waals surface area contributed by atoms with Crippen LogP contribution >= 0.6 is 0 Å². The van der Waals surface area contributed by atoms with Crippen LogP contribution in [0.15, 0.2) is 60.8 Å². The van der Waals surface area contributed by atoms with E-state index in [2.05, 4.69) is 67.8 Å². The van der Waals surface area contributed by atoms with Crippen molar-refractivity contribution in [3.05, 3.63) is 60.8 Å². The molecule has 2 unspecified atom stereocenters. The molecule has 0 saturated heterocycles. The number of aliphatic hydroxyl groups is 2. The Morgan fingerprint density at radius 3 is 1.35 bits per heavy atom. The molecule has 52 heavy (non-hydrogen) atoms. The molecular weight excluding hydrogens is 639 g/mol. The van der Waals surface area contributed by atoms with Gasteiger partial charge in [-0.2, -0.15) is 0 Å². The van der Waals surface area contributed by atoms with Gasteiger partial charge in [-0.25, -0.2) is 0 Å². The molecule has 0 bridgehead atoms. The van der Waals surface area contributed by atoms with E-state index >= 15 is 0 Å². The lowest BCUT2D eigenvalue weighted by molar-refractivity contribution is -0.123. The van der Waals surface area contributed by atoms with Crippen LogP contribution in [0.2, 0.25) is 0 Å². The summed E-state index contributed by atoms with van der Waals surface area (Å²) in [6.45, 7) is 4.18. The normalized spacial score (nSPS) is 13.5. The fourth-order valence-corrected chi connectivity index (χ4v) is 6.56. The maximum absolute atomic E-state index is 12.4. The van der Waals surface area contributed by atoms with E-state index in [0.717, 1.165) is 64.2 Å². The van der Waals surface area contributed by atoms with Crippen LogP contribution < -0.4 is 5.32 Å². The lowest BCUT2D eigenvalue weighted by Gasteiger charge is -2.19. The summed E-state index contributed by atoms with van der Waals surface area (Å²) in [4.78, 5) is 12.4. The standard InChI is InChI=1S/C48H87NO3/c1-3-5-7-9-11-13-15-17-19-20-21-22-23-24-25-26-27-28-30-31-33-35-37-39-41-43-47(51)46(45-50)49-48(52)44-42-40-38-36-34-32-29-18-16-14-12-10-8-6-4-2/h6,8,12,14,18,29,33,35,41,43,46-47,50-51H,3-5,7,9-11,13,15-17,19-28,30-32,34,36-40,42,44-45H2,1-2H3,(H,49,52)/b8-6-,14-12-,29-18-,35-33+,43-41+. The average molecular weight is 726 g/mol. The van der Waals surface area contributed by atoms with Crippen LogP contribution in [0.1, 0.15) is 219 Å². The van der Waals surface area contributed by atoms with Crippen molar-refractivity contribution in [1.82, 2.24) is 5.32 Å². The van der Waals surface area contributed by atoms with Crippen molar-refractivity contribution < 1.29 is 15.0 Å². The van der Waals surface area contributed by atoms with Crippen LogP contribution in [0.3, 0.4) is 0 Å². The number of hydrogen-bond donors (Lipinski definition) is 3. The van der Waals surface area contributed by atoms with Gasteiger partial charge in [0.05, 0.1) is 18.8 Å². The molecule has 0 saturated carbocycles. The quantitative estimate of drug-likeness (QED) is 0.0435. The highest BCUT2D eigenvalue weighted by Gasteiger charge is 2.17. The fourth-order valence-electron chi connectivity index (χ4n) is 6.56. The molecule has 0 rings (SSSR count). The number of unbranched alkanes of at least 4 members (excludes halogenated alkanes) is 25. The molecule has 0 aromatic heterocycles. The monoisotopic (exact) mass is 726 g/mol. The van der Waals surface area contributed by atoms with E-state index in [1.54, 1.807) is 6.08 Å². The highest BCUT2D eigenvalue weighted by molar-refractivity contribution is 5.76. The van der Waals surface area contributed by atoms with Gasteiger partial charge in [-0.1, -0.05) is 209 Å². The molecule has 0 fully saturated rings. The van der Waals surface area contributed by atoms with Gasteiger partial charge in [0.25, 0.3) is 0 Å². The summed E-state index contributed by atoms with van der Waals surface area (Å²) in [5, 5.41) is 23.0. The summed E-state index contributed by atoms with van der Waals surface area (Å²) in [7, 11) is 0. The van der Waals surface area contributed by atoms with Crippen LogP contribution in [0.5, 0.6) is 0 Å². The predicted octanol–water partition coefficient (Wildman–Crippen LogP) is 14.1. The van der Waals surface area contributed by atoms with Gasteiger partial charge in [0.2, 0.25) is 5.91 Å². The topological polar surface area (TPSA) is 69.6 Å². The molecule has 0 aromatic rings. The molecule has 0 aromatic carbocycles. The van der Waals surface area contributed by atoms with Crippen molar-refractivity contribution in [1.29, 1.82) is 0 Å². The van der Waals surface area contributed by atoms with Gasteiger partial charge in [-0.05, 0) is 64.2 Å². The molecular formula is C48H87NO3. The third kappa shape index (κ3) is 39.3. The number of nitrogens with one attached hydrogen (secondary N) is 1. The van der Waals surface area contributed by atoms with Gasteiger partial charge in [0.15, 0.2) is 0 Å². The third-order valence-electron chi connectivity index (χ3n) is 9.98. The molecule has 0 radical (unpaired) electrons. The van der Waals surface area contributed by atoms with Crippen molar-refractivity contribution in [3.8, 4) is 0 Å². The Bertz CT molecular complexity index is 873.